The molecule has 0 radical (unpaired) electrons. The monoisotopic (exact) mass is 265 g/mol. The van der Waals surface area contributed by atoms with E-state index in [1.165, 1.54) is 6.42 Å². The maximum absolute atomic E-state index is 12.0. The molecule has 1 unspecified atom stereocenters. The molecule has 96 valence electrons. The first kappa shape index (κ1) is 11.8. The van der Waals surface area contributed by atoms with Crippen LogP contribution in [0.4, 0.5) is 0 Å². The Balaban J connectivity index is 2.06. The third-order valence-electron chi connectivity index (χ3n) is 3.81. The predicted molar refractivity (Wildman–Crippen MR) is 73.2 cm³/mol. The van der Waals surface area contributed by atoms with E-state index in [1.807, 2.05) is 18.2 Å². The van der Waals surface area contributed by atoms with Crippen LogP contribution >= 0.6 is 11.6 Å². The van der Waals surface area contributed by atoms with Gasteiger partial charge in [0.05, 0.1) is 16.1 Å². The van der Waals surface area contributed by atoms with Crippen molar-refractivity contribution in [2.75, 3.05) is 13.6 Å². The molecule has 0 aliphatic carbocycles. The second-order valence-corrected chi connectivity index (χ2v) is 5.36. The largest absolute Gasteiger partial charge is 0.326 e. The van der Waals surface area contributed by atoms with Gasteiger partial charge >= 0.3 is 5.69 Å². The molecule has 5 heteroatoms. The Hall–Kier alpha value is -1.26. The molecule has 2 aromatic rings. The fourth-order valence-electron chi connectivity index (χ4n) is 2.77. The number of imidazole rings is 1. The van der Waals surface area contributed by atoms with E-state index >= 15 is 0 Å². The summed E-state index contributed by atoms with van der Waals surface area (Å²) in [6.45, 7) is 1.81. The number of aromatic amines is 1. The van der Waals surface area contributed by atoms with Crippen LogP contribution in [0.2, 0.25) is 5.02 Å². The molecular formula is C13H16ClN3O. The van der Waals surface area contributed by atoms with Crippen molar-refractivity contribution in [1.29, 1.82) is 0 Å². The zero-order valence-corrected chi connectivity index (χ0v) is 11.1. The highest BCUT2D eigenvalue weighted by molar-refractivity contribution is 6.34. The molecule has 3 rings (SSSR count). The molecule has 0 amide bonds. The van der Waals surface area contributed by atoms with Crippen LogP contribution in [0.25, 0.3) is 11.0 Å². The second kappa shape index (κ2) is 4.44. The van der Waals surface area contributed by atoms with Gasteiger partial charge in [-0.1, -0.05) is 17.7 Å². The smallest absolute Gasteiger partial charge is 0.305 e. The van der Waals surface area contributed by atoms with Crippen molar-refractivity contribution in [1.82, 2.24) is 14.5 Å². The molecule has 1 aliphatic rings. The summed E-state index contributed by atoms with van der Waals surface area (Å²) < 4.78 is 1.77. The topological polar surface area (TPSA) is 41.0 Å². The number of nitrogens with zero attached hydrogens (tertiary/aromatic N) is 2. The summed E-state index contributed by atoms with van der Waals surface area (Å²) in [6.07, 6.45) is 2.34. The van der Waals surface area contributed by atoms with Crippen LogP contribution in [0, 0.1) is 0 Å². The number of rotatable bonds is 2. The highest BCUT2D eigenvalue weighted by Crippen LogP contribution is 2.23. The maximum Gasteiger partial charge on any atom is 0.326 e. The first-order chi connectivity index (χ1) is 8.66. The summed E-state index contributed by atoms with van der Waals surface area (Å²) in [5.74, 6) is 0. The van der Waals surface area contributed by atoms with Gasteiger partial charge in [0.25, 0.3) is 0 Å². The molecular weight excluding hydrogens is 250 g/mol. The number of hydrogen-bond acceptors (Lipinski definition) is 2. The van der Waals surface area contributed by atoms with Crippen LogP contribution in [-0.4, -0.2) is 34.1 Å². The standard InChI is InChI=1S/C13H16ClN3O/c1-16-7-3-4-9(16)8-17-12-10(14)5-2-6-11(12)15-13(17)18/h2,5-6,9H,3-4,7-8H2,1H3,(H,15,18). The Morgan fingerprint density at radius 1 is 1.50 bits per heavy atom. The van der Waals surface area contributed by atoms with Gasteiger partial charge in [-0.3, -0.25) is 4.57 Å². The van der Waals surface area contributed by atoms with Crippen molar-refractivity contribution in [3.05, 3.63) is 33.7 Å². The Labute approximate surface area is 110 Å². The van der Waals surface area contributed by atoms with Crippen molar-refractivity contribution < 1.29 is 0 Å². The van der Waals surface area contributed by atoms with Crippen LogP contribution in [0.15, 0.2) is 23.0 Å². The molecule has 0 bridgehead atoms. The van der Waals surface area contributed by atoms with Gasteiger partial charge in [0.1, 0.15) is 0 Å². The highest BCUT2D eigenvalue weighted by atomic mass is 35.5. The number of para-hydroxylation sites is 1. The fraction of sp³-hybridized carbons (Fsp3) is 0.462. The molecule has 1 fully saturated rings. The van der Waals surface area contributed by atoms with Crippen LogP contribution in [0.5, 0.6) is 0 Å². The Kier molecular flexibility index (Phi) is 2.92. The summed E-state index contributed by atoms with van der Waals surface area (Å²) in [5.41, 5.74) is 1.57. The Morgan fingerprint density at radius 2 is 2.33 bits per heavy atom. The van der Waals surface area contributed by atoms with Gasteiger partial charge < -0.3 is 9.88 Å². The van der Waals surface area contributed by atoms with Gasteiger partial charge in [0.2, 0.25) is 0 Å². The molecule has 18 heavy (non-hydrogen) atoms. The zero-order chi connectivity index (χ0) is 12.7. The van der Waals surface area contributed by atoms with Crippen LogP contribution in [0.1, 0.15) is 12.8 Å². The third-order valence-corrected chi connectivity index (χ3v) is 4.11. The number of likely N-dealkylation sites (tertiary alicyclic amines) is 1. The molecule has 1 saturated heterocycles. The van der Waals surface area contributed by atoms with Gasteiger partial charge in [-0.25, -0.2) is 4.79 Å². The van der Waals surface area contributed by atoms with E-state index in [9.17, 15) is 4.79 Å². The van der Waals surface area contributed by atoms with Crippen LogP contribution in [0.3, 0.4) is 0 Å². The quantitative estimate of drug-likeness (QED) is 0.903. The maximum atomic E-state index is 12.0. The number of halogens is 1. The molecule has 2 heterocycles. The van der Waals surface area contributed by atoms with E-state index in [4.69, 9.17) is 11.6 Å². The second-order valence-electron chi connectivity index (χ2n) is 4.95. The van der Waals surface area contributed by atoms with Crippen molar-refractivity contribution >= 4 is 22.6 Å². The van der Waals surface area contributed by atoms with E-state index in [1.54, 1.807) is 4.57 Å². The SMILES string of the molecule is CN1CCCC1Cn1c(=O)[nH]c2cccc(Cl)c21. The summed E-state index contributed by atoms with van der Waals surface area (Å²) in [6, 6.07) is 5.99. The van der Waals surface area contributed by atoms with Gasteiger partial charge in [-0.2, -0.15) is 0 Å². The minimum atomic E-state index is -0.0709. The van der Waals surface area contributed by atoms with E-state index in [0.717, 1.165) is 24.0 Å². The number of likely N-dealkylation sites (N-methyl/N-ethyl adjacent to an activating group) is 1. The molecule has 0 spiro atoms. The normalized spacial score (nSPS) is 20.9. The van der Waals surface area contributed by atoms with Crippen LogP contribution < -0.4 is 5.69 Å². The number of aromatic nitrogens is 2. The van der Waals surface area contributed by atoms with Crippen molar-refractivity contribution in [2.24, 2.45) is 0 Å². The van der Waals surface area contributed by atoms with Gasteiger partial charge in [0.15, 0.2) is 0 Å². The minimum absolute atomic E-state index is 0.0709. The Morgan fingerprint density at radius 3 is 3.06 bits per heavy atom. The van der Waals surface area contributed by atoms with Crippen molar-refractivity contribution in [2.45, 2.75) is 25.4 Å². The van der Waals surface area contributed by atoms with Gasteiger partial charge in [-0.05, 0) is 38.6 Å². The molecule has 1 atom stereocenters. The van der Waals surface area contributed by atoms with E-state index in [-0.39, 0.29) is 5.69 Å². The lowest BCUT2D eigenvalue weighted by Gasteiger charge is -2.19. The Bertz CT molecular complexity index is 631. The molecule has 1 aromatic heterocycles. The minimum Gasteiger partial charge on any atom is -0.305 e. The average Bonchev–Trinajstić information content (AvgIpc) is 2.86. The lowest BCUT2D eigenvalue weighted by molar-refractivity contribution is 0.282. The fourth-order valence-corrected chi connectivity index (χ4v) is 3.05. The van der Waals surface area contributed by atoms with E-state index in [2.05, 4.69) is 16.9 Å². The predicted octanol–water partition coefficient (Wildman–Crippen LogP) is 2.08. The number of H-pyrrole nitrogens is 1. The van der Waals surface area contributed by atoms with Crippen LogP contribution in [-0.2, 0) is 6.54 Å². The molecule has 4 nitrogen and oxygen atoms in total. The molecule has 1 N–H and O–H groups in total. The summed E-state index contributed by atoms with van der Waals surface area (Å²) in [4.78, 5) is 17.2. The van der Waals surface area contributed by atoms with Crippen molar-refractivity contribution in [3.8, 4) is 0 Å². The third kappa shape index (κ3) is 1.85. The number of nitrogens with one attached hydrogen (secondary N) is 1. The molecule has 1 aliphatic heterocycles. The van der Waals surface area contributed by atoms with Gasteiger partial charge in [-0.15, -0.1) is 0 Å². The first-order valence-corrected chi connectivity index (χ1v) is 6.62. The van der Waals surface area contributed by atoms with E-state index in [0.29, 0.717) is 17.6 Å². The lowest BCUT2D eigenvalue weighted by Crippen LogP contribution is -2.32. The summed E-state index contributed by atoms with van der Waals surface area (Å²) in [5, 5.41) is 0.631. The number of benzene rings is 1. The van der Waals surface area contributed by atoms with Crippen molar-refractivity contribution in [3.63, 3.8) is 0 Å². The lowest BCUT2D eigenvalue weighted by atomic mass is 10.2. The van der Waals surface area contributed by atoms with E-state index < -0.39 is 0 Å². The number of fused-ring (bicyclic) bond motifs is 1. The average molecular weight is 266 g/mol. The number of hydrogen-bond donors (Lipinski definition) is 1. The summed E-state index contributed by atoms with van der Waals surface area (Å²) in [7, 11) is 2.11. The molecule has 0 saturated carbocycles. The first-order valence-electron chi connectivity index (χ1n) is 6.24. The van der Waals surface area contributed by atoms with Gasteiger partial charge in [0, 0.05) is 12.6 Å². The summed E-state index contributed by atoms with van der Waals surface area (Å²) >= 11 is 6.20. The highest BCUT2D eigenvalue weighted by Gasteiger charge is 2.23. The molecule has 1 aromatic carbocycles. The zero-order valence-electron chi connectivity index (χ0n) is 10.3.